The molecule has 86 valence electrons. The molecule has 1 saturated carbocycles. The smallest absolute Gasteiger partial charge is 0.251 e. The summed E-state index contributed by atoms with van der Waals surface area (Å²) in [6.45, 7) is 0. The van der Waals surface area contributed by atoms with Crippen LogP contribution in [0, 0.1) is 3.57 Å². The Hall–Kier alpha value is -0.580. The first-order valence-corrected chi connectivity index (χ1v) is 6.90. The average molecular weight is 329 g/mol. The van der Waals surface area contributed by atoms with Crippen LogP contribution in [0.1, 0.15) is 42.5 Å². The lowest BCUT2D eigenvalue weighted by Crippen LogP contribution is -2.36. The van der Waals surface area contributed by atoms with E-state index in [0.29, 0.717) is 6.04 Å². The predicted octanol–water partition coefficient (Wildman–Crippen LogP) is 3.35. The van der Waals surface area contributed by atoms with Crippen molar-refractivity contribution in [3.8, 4) is 0 Å². The molecule has 0 bridgehead atoms. The Morgan fingerprint density at radius 3 is 2.69 bits per heavy atom. The number of nitrogens with one attached hydrogen (secondary N) is 1. The van der Waals surface area contributed by atoms with Crippen molar-refractivity contribution in [1.29, 1.82) is 0 Å². The van der Waals surface area contributed by atoms with E-state index in [-0.39, 0.29) is 5.91 Å². The molecule has 16 heavy (non-hydrogen) atoms. The number of carbonyl (C=O) groups excluding carboxylic acids is 1. The van der Waals surface area contributed by atoms with E-state index in [2.05, 4.69) is 27.9 Å². The number of amides is 1. The van der Waals surface area contributed by atoms with E-state index < -0.39 is 0 Å². The lowest BCUT2D eigenvalue weighted by atomic mass is 9.95. The minimum Gasteiger partial charge on any atom is -0.349 e. The summed E-state index contributed by atoms with van der Waals surface area (Å²) >= 11 is 2.23. The Kier molecular flexibility index (Phi) is 4.21. The van der Waals surface area contributed by atoms with E-state index in [9.17, 15) is 4.79 Å². The molecule has 0 spiro atoms. The molecular weight excluding hydrogens is 313 g/mol. The second-order valence-electron chi connectivity index (χ2n) is 4.32. The van der Waals surface area contributed by atoms with E-state index in [1.54, 1.807) is 0 Å². The third-order valence-corrected chi connectivity index (χ3v) is 3.70. The van der Waals surface area contributed by atoms with Gasteiger partial charge in [0.2, 0.25) is 0 Å². The highest BCUT2D eigenvalue weighted by Crippen LogP contribution is 2.18. The zero-order valence-electron chi connectivity index (χ0n) is 9.21. The SMILES string of the molecule is O=C(NC1CCCCC1)c1cccc(I)c1. The summed E-state index contributed by atoms with van der Waals surface area (Å²) < 4.78 is 1.11. The van der Waals surface area contributed by atoms with Crippen LogP contribution in [-0.4, -0.2) is 11.9 Å². The summed E-state index contributed by atoms with van der Waals surface area (Å²) in [7, 11) is 0. The summed E-state index contributed by atoms with van der Waals surface area (Å²) in [5.74, 6) is 0.0745. The van der Waals surface area contributed by atoms with Crippen LogP contribution in [0.25, 0.3) is 0 Å². The third-order valence-electron chi connectivity index (χ3n) is 3.03. The van der Waals surface area contributed by atoms with Crippen LogP contribution in [0.2, 0.25) is 0 Å². The van der Waals surface area contributed by atoms with Crippen LogP contribution in [0.3, 0.4) is 0 Å². The number of carbonyl (C=O) groups is 1. The van der Waals surface area contributed by atoms with Crippen LogP contribution >= 0.6 is 22.6 Å². The van der Waals surface area contributed by atoms with Gasteiger partial charge in [0.1, 0.15) is 0 Å². The molecule has 1 aliphatic rings. The normalized spacial score (nSPS) is 17.1. The summed E-state index contributed by atoms with van der Waals surface area (Å²) in [6, 6.07) is 8.12. The van der Waals surface area contributed by atoms with E-state index in [1.165, 1.54) is 19.3 Å². The first-order valence-electron chi connectivity index (χ1n) is 5.82. The molecule has 1 fully saturated rings. The second kappa shape index (κ2) is 5.66. The predicted molar refractivity (Wildman–Crippen MR) is 73.5 cm³/mol. The number of benzene rings is 1. The molecule has 0 aromatic heterocycles. The highest BCUT2D eigenvalue weighted by Gasteiger charge is 2.16. The van der Waals surface area contributed by atoms with Gasteiger partial charge in [0.05, 0.1) is 0 Å². The fraction of sp³-hybridized carbons (Fsp3) is 0.462. The third kappa shape index (κ3) is 3.20. The van der Waals surface area contributed by atoms with E-state index in [4.69, 9.17) is 0 Å². The lowest BCUT2D eigenvalue weighted by Gasteiger charge is -2.22. The second-order valence-corrected chi connectivity index (χ2v) is 5.56. The van der Waals surface area contributed by atoms with E-state index >= 15 is 0 Å². The standard InChI is InChI=1S/C13H16INO/c14-11-6-4-5-10(9-11)13(16)15-12-7-2-1-3-8-12/h4-6,9,12H,1-3,7-8H2,(H,15,16). The highest BCUT2D eigenvalue weighted by atomic mass is 127. The van der Waals surface area contributed by atoms with E-state index in [1.807, 2.05) is 24.3 Å². The largest absolute Gasteiger partial charge is 0.349 e. The van der Waals surface area contributed by atoms with Crippen LogP contribution in [0.15, 0.2) is 24.3 Å². The van der Waals surface area contributed by atoms with Crippen LogP contribution in [0.5, 0.6) is 0 Å². The summed E-state index contributed by atoms with van der Waals surface area (Å²) in [5.41, 5.74) is 0.775. The van der Waals surface area contributed by atoms with Crippen LogP contribution in [0.4, 0.5) is 0 Å². The lowest BCUT2D eigenvalue weighted by molar-refractivity contribution is 0.0927. The molecule has 0 heterocycles. The first kappa shape index (κ1) is 11.9. The Bertz CT molecular complexity index is 372. The van der Waals surface area contributed by atoms with Crippen molar-refractivity contribution in [2.45, 2.75) is 38.1 Å². The highest BCUT2D eigenvalue weighted by molar-refractivity contribution is 14.1. The minimum absolute atomic E-state index is 0.0745. The van der Waals surface area contributed by atoms with Gasteiger partial charge in [-0.1, -0.05) is 25.3 Å². The Labute approximate surface area is 110 Å². The zero-order chi connectivity index (χ0) is 11.4. The molecule has 1 aliphatic carbocycles. The Balaban J connectivity index is 1.97. The molecule has 1 aromatic rings. The quantitative estimate of drug-likeness (QED) is 0.829. The van der Waals surface area contributed by atoms with Gasteiger partial charge in [0, 0.05) is 15.2 Å². The molecule has 0 radical (unpaired) electrons. The van der Waals surface area contributed by atoms with Crippen molar-refractivity contribution < 1.29 is 4.79 Å². The molecule has 3 heteroatoms. The van der Waals surface area contributed by atoms with Gasteiger partial charge in [-0.2, -0.15) is 0 Å². The van der Waals surface area contributed by atoms with Crippen molar-refractivity contribution in [3.05, 3.63) is 33.4 Å². The molecule has 2 rings (SSSR count). The van der Waals surface area contributed by atoms with Crippen molar-refractivity contribution in [3.63, 3.8) is 0 Å². The molecule has 0 aliphatic heterocycles. The molecule has 0 unspecified atom stereocenters. The molecule has 1 N–H and O–H groups in total. The van der Waals surface area contributed by atoms with Crippen LogP contribution < -0.4 is 5.32 Å². The maximum absolute atomic E-state index is 12.0. The maximum Gasteiger partial charge on any atom is 0.251 e. The molecule has 1 amide bonds. The molecule has 0 atom stereocenters. The number of rotatable bonds is 2. The van der Waals surface area contributed by atoms with Crippen molar-refractivity contribution in [2.75, 3.05) is 0 Å². The summed E-state index contributed by atoms with van der Waals surface area (Å²) in [6.07, 6.45) is 6.08. The van der Waals surface area contributed by atoms with Gasteiger partial charge < -0.3 is 5.32 Å². The van der Waals surface area contributed by atoms with Gasteiger partial charge in [-0.25, -0.2) is 0 Å². The fourth-order valence-corrected chi connectivity index (χ4v) is 2.69. The van der Waals surface area contributed by atoms with Gasteiger partial charge in [-0.15, -0.1) is 0 Å². The Morgan fingerprint density at radius 2 is 2.00 bits per heavy atom. The first-order chi connectivity index (χ1) is 7.75. The van der Waals surface area contributed by atoms with Gasteiger partial charge in [0.25, 0.3) is 5.91 Å². The fourth-order valence-electron chi connectivity index (χ4n) is 2.15. The molecule has 2 nitrogen and oxygen atoms in total. The number of hydrogen-bond acceptors (Lipinski definition) is 1. The topological polar surface area (TPSA) is 29.1 Å². The molecule has 1 aromatic carbocycles. The minimum atomic E-state index is 0.0745. The van der Waals surface area contributed by atoms with Crippen LogP contribution in [-0.2, 0) is 0 Å². The van der Waals surface area contributed by atoms with Gasteiger partial charge in [-0.05, 0) is 53.6 Å². The Morgan fingerprint density at radius 1 is 1.25 bits per heavy atom. The zero-order valence-corrected chi connectivity index (χ0v) is 11.4. The van der Waals surface area contributed by atoms with Gasteiger partial charge in [-0.3, -0.25) is 4.79 Å². The summed E-state index contributed by atoms with van der Waals surface area (Å²) in [5, 5.41) is 3.12. The average Bonchev–Trinajstić information content (AvgIpc) is 2.30. The summed E-state index contributed by atoms with van der Waals surface area (Å²) in [4.78, 5) is 12.0. The monoisotopic (exact) mass is 329 g/mol. The number of halogens is 1. The van der Waals surface area contributed by atoms with Crippen molar-refractivity contribution in [2.24, 2.45) is 0 Å². The molecule has 0 saturated heterocycles. The number of hydrogen-bond donors (Lipinski definition) is 1. The van der Waals surface area contributed by atoms with Gasteiger partial charge >= 0.3 is 0 Å². The van der Waals surface area contributed by atoms with Gasteiger partial charge in [0.15, 0.2) is 0 Å². The van der Waals surface area contributed by atoms with Crippen molar-refractivity contribution >= 4 is 28.5 Å². The van der Waals surface area contributed by atoms with E-state index in [0.717, 1.165) is 22.0 Å². The van der Waals surface area contributed by atoms with Crippen molar-refractivity contribution in [1.82, 2.24) is 5.32 Å². The molecular formula is C13H16INO. The maximum atomic E-state index is 12.0.